The molecule has 0 unspecified atom stereocenters. The third-order valence-corrected chi connectivity index (χ3v) is 7.30. The van der Waals surface area contributed by atoms with Crippen LogP contribution in [-0.2, 0) is 0 Å². The number of hydrogen-bond donors (Lipinski definition) is 0. The normalized spacial score (nSPS) is 15.4. The predicted octanol–water partition coefficient (Wildman–Crippen LogP) is 4.98. The molecule has 5 heterocycles. The minimum Gasteiger partial charge on any atom is -0.461 e. The molecule has 0 spiro atoms. The van der Waals surface area contributed by atoms with Gasteiger partial charge in [0, 0.05) is 34.8 Å². The second-order valence-corrected chi connectivity index (χ2v) is 9.04. The van der Waals surface area contributed by atoms with Crippen molar-refractivity contribution < 1.29 is 4.42 Å². The topological polar surface area (TPSA) is 82.5 Å². The molecule has 0 radical (unpaired) electrons. The number of nitrogens with zero attached hydrogens (tertiary/aromatic N) is 6. The van der Waals surface area contributed by atoms with Crippen molar-refractivity contribution in [3.63, 3.8) is 0 Å². The van der Waals surface area contributed by atoms with Crippen LogP contribution < -0.4 is 0 Å². The van der Waals surface area contributed by atoms with E-state index < -0.39 is 0 Å². The van der Waals surface area contributed by atoms with Crippen LogP contribution in [0.1, 0.15) is 6.04 Å². The number of aromatic nitrogens is 6. The van der Waals surface area contributed by atoms with Crippen LogP contribution in [0.5, 0.6) is 0 Å². The van der Waals surface area contributed by atoms with Gasteiger partial charge in [0.1, 0.15) is 5.03 Å². The molecular formula is C22H16N6OS2. The van der Waals surface area contributed by atoms with Crippen molar-refractivity contribution >= 4 is 34.4 Å². The Labute approximate surface area is 186 Å². The highest BCUT2D eigenvalue weighted by Gasteiger charge is 2.29. The quantitative estimate of drug-likeness (QED) is 0.277. The Balaban J connectivity index is 1.33. The molecule has 31 heavy (non-hydrogen) atoms. The minimum atomic E-state index is 0.260. The van der Waals surface area contributed by atoms with Crippen molar-refractivity contribution in [2.45, 2.75) is 16.2 Å². The van der Waals surface area contributed by atoms with E-state index in [-0.39, 0.29) is 6.04 Å². The van der Waals surface area contributed by atoms with Gasteiger partial charge in [-0.3, -0.25) is 9.55 Å². The van der Waals surface area contributed by atoms with Crippen LogP contribution in [0.15, 0.2) is 81.8 Å². The summed E-state index contributed by atoms with van der Waals surface area (Å²) < 4.78 is 7.77. The van der Waals surface area contributed by atoms with Gasteiger partial charge in [0.05, 0.1) is 17.8 Å². The van der Waals surface area contributed by atoms with Crippen molar-refractivity contribution in [1.82, 2.24) is 29.7 Å². The molecule has 5 aromatic rings. The lowest BCUT2D eigenvalue weighted by Crippen LogP contribution is -2.11. The molecule has 152 valence electrons. The van der Waals surface area contributed by atoms with E-state index in [1.54, 1.807) is 36.0 Å². The van der Waals surface area contributed by atoms with Gasteiger partial charge >= 0.3 is 0 Å². The number of benzene rings is 1. The summed E-state index contributed by atoms with van der Waals surface area (Å²) in [5.41, 5.74) is 1.89. The fraction of sp³-hybridized carbons (Fsp3) is 0.136. The number of para-hydroxylation sites is 1. The Bertz CT molecular complexity index is 1350. The highest BCUT2D eigenvalue weighted by Crippen LogP contribution is 2.39. The Hall–Kier alpha value is -3.17. The largest absolute Gasteiger partial charge is 0.461 e. The van der Waals surface area contributed by atoms with E-state index in [2.05, 4.69) is 30.8 Å². The summed E-state index contributed by atoms with van der Waals surface area (Å²) in [6.45, 7) is 0. The highest BCUT2D eigenvalue weighted by atomic mass is 32.2. The Morgan fingerprint density at radius 3 is 2.90 bits per heavy atom. The van der Waals surface area contributed by atoms with Crippen LogP contribution in [0, 0.1) is 0 Å². The van der Waals surface area contributed by atoms with Crippen LogP contribution in [0.3, 0.4) is 0 Å². The zero-order chi connectivity index (χ0) is 20.6. The lowest BCUT2D eigenvalue weighted by molar-refractivity contribution is 0.577. The first-order chi connectivity index (χ1) is 15.4. The molecule has 0 fully saturated rings. The molecule has 4 aromatic heterocycles. The highest BCUT2D eigenvalue weighted by molar-refractivity contribution is 8.00. The number of furan rings is 1. The molecule has 0 N–H and O–H groups in total. The Kier molecular flexibility index (Phi) is 4.69. The molecule has 0 aliphatic carbocycles. The second-order valence-electron chi connectivity index (χ2n) is 7.04. The summed E-state index contributed by atoms with van der Waals surface area (Å²) in [7, 11) is 0. The van der Waals surface area contributed by atoms with Gasteiger partial charge in [0.15, 0.2) is 22.6 Å². The van der Waals surface area contributed by atoms with Gasteiger partial charge < -0.3 is 4.42 Å². The molecule has 9 heteroatoms. The zero-order valence-electron chi connectivity index (χ0n) is 16.3. The van der Waals surface area contributed by atoms with Gasteiger partial charge in [-0.1, -0.05) is 30.0 Å². The van der Waals surface area contributed by atoms with Crippen molar-refractivity contribution in [2.24, 2.45) is 0 Å². The summed E-state index contributed by atoms with van der Waals surface area (Å²) in [4.78, 5) is 13.7. The van der Waals surface area contributed by atoms with Crippen molar-refractivity contribution in [3.8, 4) is 23.0 Å². The molecule has 0 amide bonds. The van der Waals surface area contributed by atoms with Gasteiger partial charge in [-0.15, -0.1) is 22.0 Å². The van der Waals surface area contributed by atoms with E-state index in [4.69, 9.17) is 9.40 Å². The first-order valence-corrected chi connectivity index (χ1v) is 11.8. The van der Waals surface area contributed by atoms with E-state index >= 15 is 0 Å². The molecule has 1 aliphatic heterocycles. The summed E-state index contributed by atoms with van der Waals surface area (Å²) in [6, 6.07) is 16.0. The van der Waals surface area contributed by atoms with E-state index in [1.165, 1.54) is 0 Å². The minimum absolute atomic E-state index is 0.260. The van der Waals surface area contributed by atoms with Crippen LogP contribution >= 0.6 is 23.5 Å². The van der Waals surface area contributed by atoms with Gasteiger partial charge in [-0.05, 0) is 30.3 Å². The van der Waals surface area contributed by atoms with Crippen LogP contribution in [-0.4, -0.2) is 41.2 Å². The molecule has 0 saturated carbocycles. The van der Waals surface area contributed by atoms with E-state index in [0.29, 0.717) is 11.6 Å². The predicted molar refractivity (Wildman–Crippen MR) is 121 cm³/mol. The van der Waals surface area contributed by atoms with Crippen LogP contribution in [0.4, 0.5) is 0 Å². The fourth-order valence-electron chi connectivity index (χ4n) is 3.61. The molecule has 7 nitrogen and oxygen atoms in total. The molecule has 0 bridgehead atoms. The third-order valence-electron chi connectivity index (χ3n) is 5.08. The maximum absolute atomic E-state index is 5.54. The molecular weight excluding hydrogens is 428 g/mol. The lowest BCUT2D eigenvalue weighted by atomic mass is 10.2. The van der Waals surface area contributed by atoms with Gasteiger partial charge in [0.2, 0.25) is 0 Å². The maximum Gasteiger partial charge on any atom is 0.197 e. The molecule has 0 saturated heterocycles. The third kappa shape index (κ3) is 3.39. The van der Waals surface area contributed by atoms with E-state index in [1.807, 2.05) is 48.7 Å². The maximum atomic E-state index is 5.54. The average Bonchev–Trinajstić information content (AvgIpc) is 3.56. The summed E-state index contributed by atoms with van der Waals surface area (Å²) in [6.07, 6.45) is 5.24. The molecule has 1 aromatic carbocycles. The average molecular weight is 445 g/mol. The van der Waals surface area contributed by atoms with Crippen molar-refractivity contribution in [1.29, 1.82) is 0 Å². The number of rotatable bonds is 5. The standard InChI is InChI=1S/C22H16N6OS2/c1-2-7-17-16(6-1)21(25-19(24-17)18-8-4-10-29-18)30-12-15-13-31-22-27-26-20(28(15)22)14-5-3-9-23-11-14/h1-11,15H,12-13H2/t15-/m1/s1. The SMILES string of the molecule is c1cncc(-c2nnc3n2[C@H](CSc2nc(-c4ccco4)nc4ccccc24)CS3)c1. The second kappa shape index (κ2) is 7.82. The monoisotopic (exact) mass is 444 g/mol. The van der Waals surface area contributed by atoms with Crippen LogP contribution in [0.2, 0.25) is 0 Å². The van der Waals surface area contributed by atoms with Gasteiger partial charge in [-0.2, -0.15) is 0 Å². The van der Waals surface area contributed by atoms with Gasteiger partial charge in [0.25, 0.3) is 0 Å². The summed E-state index contributed by atoms with van der Waals surface area (Å²) >= 11 is 3.47. The summed E-state index contributed by atoms with van der Waals surface area (Å²) in [5, 5.41) is 11.7. The fourth-order valence-corrected chi connectivity index (χ4v) is 5.94. The Morgan fingerprint density at radius 1 is 1.06 bits per heavy atom. The smallest absolute Gasteiger partial charge is 0.197 e. The number of thioether (sulfide) groups is 2. The first kappa shape index (κ1) is 18.6. The summed E-state index contributed by atoms with van der Waals surface area (Å²) in [5.74, 6) is 3.95. The number of pyridine rings is 1. The zero-order valence-corrected chi connectivity index (χ0v) is 17.9. The van der Waals surface area contributed by atoms with E-state index in [0.717, 1.165) is 44.0 Å². The van der Waals surface area contributed by atoms with Crippen molar-refractivity contribution in [3.05, 3.63) is 67.2 Å². The first-order valence-electron chi connectivity index (χ1n) is 9.78. The van der Waals surface area contributed by atoms with Crippen LogP contribution in [0.25, 0.3) is 33.9 Å². The lowest BCUT2D eigenvalue weighted by Gasteiger charge is -2.15. The van der Waals surface area contributed by atoms with Crippen molar-refractivity contribution in [2.75, 3.05) is 11.5 Å². The molecule has 1 aliphatic rings. The van der Waals surface area contributed by atoms with E-state index in [9.17, 15) is 0 Å². The Morgan fingerprint density at radius 2 is 2.03 bits per heavy atom. The molecule has 1 atom stereocenters. The molecule has 6 rings (SSSR count). The number of fused-ring (bicyclic) bond motifs is 2. The van der Waals surface area contributed by atoms with Gasteiger partial charge in [-0.25, -0.2) is 9.97 Å². The number of hydrogen-bond acceptors (Lipinski definition) is 8.